The van der Waals surface area contributed by atoms with Crippen LogP contribution in [-0.2, 0) is 5.41 Å². The Morgan fingerprint density at radius 1 is 1.03 bits per heavy atom. The number of pyridine rings is 1. The van der Waals surface area contributed by atoms with Crippen molar-refractivity contribution in [3.05, 3.63) is 77.9 Å². The Labute approximate surface area is 178 Å². The maximum absolute atomic E-state index is 13.2. The molecular weight excluding hydrogens is 397 g/mol. The predicted octanol–water partition coefficient (Wildman–Crippen LogP) is 3.85. The van der Waals surface area contributed by atoms with Gasteiger partial charge in [0.05, 0.1) is 11.4 Å². The van der Waals surface area contributed by atoms with Gasteiger partial charge in [-0.25, -0.2) is 19.0 Å². The molecule has 0 aliphatic rings. The SMILES string of the molecule is Cc1nc(C(=O)Nc2cc(C(C)(C)C)nn2-c2ccccn2)nn1-c1ccc(F)cc1. The highest BCUT2D eigenvalue weighted by Crippen LogP contribution is 2.26. The largest absolute Gasteiger partial charge is 0.304 e. The van der Waals surface area contributed by atoms with Crippen molar-refractivity contribution in [2.45, 2.75) is 33.1 Å². The molecule has 0 aliphatic carbocycles. The molecule has 0 unspecified atom stereocenters. The number of benzene rings is 1. The monoisotopic (exact) mass is 419 g/mol. The summed E-state index contributed by atoms with van der Waals surface area (Å²) in [5.74, 6) is 0.704. The average Bonchev–Trinajstić information content (AvgIpc) is 3.33. The van der Waals surface area contributed by atoms with E-state index in [-0.39, 0.29) is 17.1 Å². The molecule has 3 heterocycles. The Hall–Kier alpha value is -3.88. The molecule has 3 aromatic heterocycles. The third-order valence-corrected chi connectivity index (χ3v) is 4.63. The van der Waals surface area contributed by atoms with Crippen molar-refractivity contribution in [3.8, 4) is 11.5 Å². The van der Waals surface area contributed by atoms with Crippen LogP contribution in [0.5, 0.6) is 0 Å². The van der Waals surface area contributed by atoms with Gasteiger partial charge in [0, 0.05) is 17.7 Å². The molecule has 9 heteroatoms. The smallest absolute Gasteiger partial charge is 0.296 e. The van der Waals surface area contributed by atoms with Crippen LogP contribution in [0.25, 0.3) is 11.5 Å². The van der Waals surface area contributed by atoms with Gasteiger partial charge in [0.25, 0.3) is 5.91 Å². The van der Waals surface area contributed by atoms with Crippen molar-refractivity contribution in [2.24, 2.45) is 0 Å². The Kier molecular flexibility index (Phi) is 5.10. The van der Waals surface area contributed by atoms with Crippen molar-refractivity contribution in [1.29, 1.82) is 0 Å². The van der Waals surface area contributed by atoms with Crippen LogP contribution in [0.2, 0.25) is 0 Å². The summed E-state index contributed by atoms with van der Waals surface area (Å²) < 4.78 is 16.3. The molecule has 4 aromatic rings. The van der Waals surface area contributed by atoms with Gasteiger partial charge in [-0.05, 0) is 43.3 Å². The van der Waals surface area contributed by atoms with Gasteiger partial charge < -0.3 is 5.32 Å². The van der Waals surface area contributed by atoms with Crippen molar-refractivity contribution >= 4 is 11.7 Å². The van der Waals surface area contributed by atoms with Gasteiger partial charge in [0.2, 0.25) is 5.82 Å². The molecule has 1 aromatic carbocycles. The van der Waals surface area contributed by atoms with E-state index < -0.39 is 5.91 Å². The molecule has 0 saturated heterocycles. The number of carbonyl (C=O) groups excluding carboxylic acids is 1. The quantitative estimate of drug-likeness (QED) is 0.543. The number of hydrogen-bond donors (Lipinski definition) is 1. The van der Waals surface area contributed by atoms with Gasteiger partial charge in [-0.15, -0.1) is 5.10 Å². The van der Waals surface area contributed by atoms with Crippen LogP contribution in [0.4, 0.5) is 10.2 Å². The van der Waals surface area contributed by atoms with Gasteiger partial charge >= 0.3 is 0 Å². The molecule has 0 spiro atoms. The summed E-state index contributed by atoms with van der Waals surface area (Å²) in [5.41, 5.74) is 1.19. The minimum Gasteiger partial charge on any atom is -0.304 e. The summed E-state index contributed by atoms with van der Waals surface area (Å²) in [6, 6.07) is 13.1. The Balaban J connectivity index is 1.67. The zero-order valence-electron chi connectivity index (χ0n) is 17.7. The molecule has 4 rings (SSSR count). The Bertz CT molecular complexity index is 1220. The lowest BCUT2D eigenvalue weighted by Gasteiger charge is -2.13. The van der Waals surface area contributed by atoms with E-state index in [9.17, 15) is 9.18 Å². The molecule has 0 saturated carbocycles. The fraction of sp³-hybridized carbons (Fsp3) is 0.227. The third kappa shape index (κ3) is 4.20. The number of aryl methyl sites for hydroxylation is 1. The fourth-order valence-electron chi connectivity index (χ4n) is 2.98. The second-order valence-electron chi connectivity index (χ2n) is 8.09. The maximum atomic E-state index is 13.2. The molecule has 1 N–H and O–H groups in total. The summed E-state index contributed by atoms with van der Waals surface area (Å²) in [5, 5.41) is 11.8. The molecule has 8 nitrogen and oxygen atoms in total. The highest BCUT2D eigenvalue weighted by molar-refractivity contribution is 6.01. The van der Waals surface area contributed by atoms with Gasteiger partial charge in [-0.1, -0.05) is 26.8 Å². The minimum atomic E-state index is -0.485. The summed E-state index contributed by atoms with van der Waals surface area (Å²) in [4.78, 5) is 21.5. The maximum Gasteiger partial charge on any atom is 0.296 e. The molecule has 1 amide bonds. The summed E-state index contributed by atoms with van der Waals surface area (Å²) >= 11 is 0. The lowest BCUT2D eigenvalue weighted by Crippen LogP contribution is -2.17. The normalized spacial score (nSPS) is 11.5. The molecule has 31 heavy (non-hydrogen) atoms. The zero-order valence-corrected chi connectivity index (χ0v) is 17.7. The molecule has 0 aliphatic heterocycles. The second kappa shape index (κ2) is 7.75. The number of aromatic nitrogens is 6. The number of anilines is 1. The second-order valence-corrected chi connectivity index (χ2v) is 8.09. The summed E-state index contributed by atoms with van der Waals surface area (Å²) in [6.07, 6.45) is 1.66. The molecule has 0 atom stereocenters. The average molecular weight is 419 g/mol. The fourth-order valence-corrected chi connectivity index (χ4v) is 2.98. The van der Waals surface area contributed by atoms with E-state index in [1.165, 1.54) is 16.8 Å². The standard InChI is InChI=1S/C22H22FN7O/c1-14-25-20(28-29(14)16-10-8-15(23)9-11-16)21(31)26-19-13-17(22(2,3)4)27-30(19)18-7-5-6-12-24-18/h5-13H,1-4H3,(H,26,31). The lowest BCUT2D eigenvalue weighted by atomic mass is 9.92. The number of nitrogens with zero attached hydrogens (tertiary/aromatic N) is 6. The summed E-state index contributed by atoms with van der Waals surface area (Å²) in [7, 11) is 0. The van der Waals surface area contributed by atoms with E-state index in [2.05, 4.69) is 25.5 Å². The lowest BCUT2D eigenvalue weighted by molar-refractivity contribution is 0.101. The predicted molar refractivity (Wildman–Crippen MR) is 114 cm³/mol. The van der Waals surface area contributed by atoms with Crippen molar-refractivity contribution in [3.63, 3.8) is 0 Å². The molecular formula is C22H22FN7O. The molecule has 158 valence electrons. The van der Waals surface area contributed by atoms with Gasteiger partial charge in [0.15, 0.2) is 5.82 Å². The number of nitrogens with one attached hydrogen (secondary N) is 1. The van der Waals surface area contributed by atoms with Gasteiger partial charge in [-0.2, -0.15) is 9.78 Å². The minimum absolute atomic E-state index is 0.00657. The summed E-state index contributed by atoms with van der Waals surface area (Å²) in [6.45, 7) is 7.85. The molecule has 0 radical (unpaired) electrons. The van der Waals surface area contributed by atoms with E-state index in [1.54, 1.807) is 36.0 Å². The van der Waals surface area contributed by atoms with Crippen LogP contribution < -0.4 is 5.32 Å². The van der Waals surface area contributed by atoms with Crippen molar-refractivity contribution in [1.82, 2.24) is 29.5 Å². The first-order valence-electron chi connectivity index (χ1n) is 9.75. The Morgan fingerprint density at radius 3 is 2.42 bits per heavy atom. The number of carbonyl (C=O) groups is 1. The highest BCUT2D eigenvalue weighted by atomic mass is 19.1. The van der Waals surface area contributed by atoms with E-state index >= 15 is 0 Å². The first-order valence-corrected chi connectivity index (χ1v) is 9.75. The van der Waals surface area contributed by atoms with Crippen LogP contribution >= 0.6 is 0 Å². The van der Waals surface area contributed by atoms with Crippen LogP contribution in [0.3, 0.4) is 0 Å². The van der Waals surface area contributed by atoms with E-state index in [0.717, 1.165) is 5.69 Å². The first-order chi connectivity index (χ1) is 14.7. The number of hydrogen-bond acceptors (Lipinski definition) is 5. The van der Waals surface area contributed by atoms with Crippen LogP contribution in [-0.4, -0.2) is 35.4 Å². The number of amides is 1. The van der Waals surface area contributed by atoms with Gasteiger partial charge in [0.1, 0.15) is 17.5 Å². The third-order valence-electron chi connectivity index (χ3n) is 4.63. The first kappa shape index (κ1) is 20.4. The number of rotatable bonds is 4. The van der Waals surface area contributed by atoms with Gasteiger partial charge in [-0.3, -0.25) is 4.79 Å². The van der Waals surface area contributed by atoms with E-state index in [1.807, 2.05) is 39.0 Å². The van der Waals surface area contributed by atoms with Crippen molar-refractivity contribution < 1.29 is 9.18 Å². The highest BCUT2D eigenvalue weighted by Gasteiger charge is 2.23. The Morgan fingerprint density at radius 2 is 1.77 bits per heavy atom. The zero-order chi connectivity index (χ0) is 22.2. The van der Waals surface area contributed by atoms with Crippen LogP contribution in [0.15, 0.2) is 54.7 Å². The number of halogens is 1. The molecule has 0 fully saturated rings. The van der Waals surface area contributed by atoms with Crippen LogP contribution in [0.1, 0.15) is 42.9 Å². The topological polar surface area (TPSA) is 90.5 Å². The molecule has 0 bridgehead atoms. The van der Waals surface area contributed by atoms with Crippen LogP contribution in [0, 0.1) is 12.7 Å². The van der Waals surface area contributed by atoms with E-state index in [0.29, 0.717) is 23.1 Å². The van der Waals surface area contributed by atoms with Crippen molar-refractivity contribution in [2.75, 3.05) is 5.32 Å². The van der Waals surface area contributed by atoms with E-state index in [4.69, 9.17) is 0 Å².